The topological polar surface area (TPSA) is 26.3 Å². The molecule has 1 aromatic rings. The Morgan fingerprint density at radius 3 is 2.50 bits per heavy atom. The van der Waals surface area contributed by atoms with Gasteiger partial charge < -0.3 is 9.53 Å². The molecule has 0 heterocycles. The van der Waals surface area contributed by atoms with Crippen LogP contribution < -0.4 is 4.74 Å². The molecule has 0 aromatic heterocycles. The van der Waals surface area contributed by atoms with Gasteiger partial charge in [-0.1, -0.05) is 39.8 Å². The Morgan fingerprint density at radius 1 is 1.28 bits per heavy atom. The number of hydrogen-bond acceptors (Lipinski definition) is 2. The van der Waals surface area contributed by atoms with Gasteiger partial charge in [0.25, 0.3) is 0 Å². The number of aryl methyl sites for hydroxylation is 1. The summed E-state index contributed by atoms with van der Waals surface area (Å²) in [6, 6.07) is 7.99. The number of Topliss-reactive ketones (excluding diaryl/α,β-unsaturated/α-hetero) is 1. The lowest BCUT2D eigenvalue weighted by Gasteiger charge is -2.09. The van der Waals surface area contributed by atoms with Gasteiger partial charge in [-0.05, 0) is 37.0 Å². The molecule has 0 N–H and O–H groups in total. The third-order valence-corrected chi connectivity index (χ3v) is 2.25. The van der Waals surface area contributed by atoms with E-state index in [4.69, 9.17) is 4.74 Å². The Morgan fingerprint density at radius 2 is 1.94 bits per heavy atom. The molecule has 0 fully saturated rings. The van der Waals surface area contributed by atoms with Crippen LogP contribution in [0.5, 0.6) is 5.75 Å². The summed E-state index contributed by atoms with van der Waals surface area (Å²) in [5.41, 5.74) is 1.16. The molecule has 2 heteroatoms. The van der Waals surface area contributed by atoms with Crippen LogP contribution in [0.15, 0.2) is 24.3 Å². The van der Waals surface area contributed by atoms with E-state index in [0.717, 1.165) is 24.3 Å². The Bertz CT molecular complexity index is 343. The van der Waals surface area contributed by atoms with Crippen LogP contribution in [-0.4, -0.2) is 12.4 Å². The van der Waals surface area contributed by atoms with Gasteiger partial charge in [-0.3, -0.25) is 0 Å². The predicted octanol–water partition coefficient (Wildman–Crippen LogP) is 4.27. The highest BCUT2D eigenvalue weighted by Gasteiger charge is 2.00. The zero-order valence-corrected chi connectivity index (χ0v) is 12.3. The average molecular weight is 250 g/mol. The molecule has 0 aliphatic carbocycles. The van der Waals surface area contributed by atoms with E-state index in [1.807, 2.05) is 38.1 Å². The third kappa shape index (κ3) is 7.88. The van der Waals surface area contributed by atoms with Crippen molar-refractivity contribution in [2.24, 2.45) is 5.92 Å². The Balaban J connectivity index is 0.00000137. The number of hydrogen-bond donors (Lipinski definition) is 0. The maximum Gasteiger partial charge on any atom is 0.130 e. The number of rotatable bonds is 6. The Kier molecular flexibility index (Phi) is 8.99. The number of carbonyl (C=O) groups excluding carboxylic acids is 1. The fraction of sp³-hybridized carbons (Fsp3) is 0.562. The molecule has 0 saturated carbocycles. The highest BCUT2D eigenvalue weighted by Crippen LogP contribution is 2.15. The minimum atomic E-state index is 0.230. The molecule has 1 rings (SSSR count). The van der Waals surface area contributed by atoms with E-state index in [2.05, 4.69) is 13.8 Å². The molecule has 1 aromatic carbocycles. The van der Waals surface area contributed by atoms with Gasteiger partial charge >= 0.3 is 0 Å². The van der Waals surface area contributed by atoms with Crippen LogP contribution in [0.3, 0.4) is 0 Å². The molecular weight excluding hydrogens is 224 g/mol. The SMILES string of the molecule is CC.CC(=O)CCc1cccc(OCC(C)C)c1. The van der Waals surface area contributed by atoms with Crippen LogP contribution >= 0.6 is 0 Å². The summed E-state index contributed by atoms with van der Waals surface area (Å²) in [5, 5.41) is 0. The molecule has 0 radical (unpaired) electrons. The monoisotopic (exact) mass is 250 g/mol. The summed E-state index contributed by atoms with van der Waals surface area (Å²) in [4.78, 5) is 10.9. The van der Waals surface area contributed by atoms with Crippen LogP contribution in [-0.2, 0) is 11.2 Å². The number of ketones is 1. The number of benzene rings is 1. The van der Waals surface area contributed by atoms with Gasteiger partial charge in [-0.15, -0.1) is 0 Å². The number of carbonyl (C=O) groups is 1. The molecular formula is C16H26O2. The first kappa shape index (κ1) is 16.7. The van der Waals surface area contributed by atoms with Crippen LogP contribution in [0.4, 0.5) is 0 Å². The van der Waals surface area contributed by atoms with E-state index < -0.39 is 0 Å². The maximum absolute atomic E-state index is 10.9. The van der Waals surface area contributed by atoms with Gasteiger partial charge in [0.15, 0.2) is 0 Å². The molecule has 18 heavy (non-hydrogen) atoms. The first-order chi connectivity index (χ1) is 8.58. The van der Waals surface area contributed by atoms with Crippen molar-refractivity contribution in [1.29, 1.82) is 0 Å². The van der Waals surface area contributed by atoms with E-state index in [-0.39, 0.29) is 5.78 Å². The van der Waals surface area contributed by atoms with Gasteiger partial charge in [0.1, 0.15) is 11.5 Å². The zero-order valence-electron chi connectivity index (χ0n) is 12.3. The van der Waals surface area contributed by atoms with E-state index in [9.17, 15) is 4.79 Å². The molecule has 102 valence electrons. The second-order valence-electron chi connectivity index (χ2n) is 4.55. The van der Waals surface area contributed by atoms with Gasteiger partial charge in [-0.25, -0.2) is 0 Å². The van der Waals surface area contributed by atoms with Crippen molar-refractivity contribution in [3.8, 4) is 5.75 Å². The average Bonchev–Trinajstić information content (AvgIpc) is 2.37. The largest absolute Gasteiger partial charge is 0.493 e. The molecule has 0 spiro atoms. The summed E-state index contributed by atoms with van der Waals surface area (Å²) in [5.74, 6) is 1.66. The van der Waals surface area contributed by atoms with Crippen LogP contribution in [0.25, 0.3) is 0 Å². The van der Waals surface area contributed by atoms with Crippen LogP contribution in [0, 0.1) is 5.92 Å². The highest BCUT2D eigenvalue weighted by molar-refractivity contribution is 5.75. The fourth-order valence-electron chi connectivity index (χ4n) is 1.37. The van der Waals surface area contributed by atoms with E-state index in [1.54, 1.807) is 6.92 Å². The van der Waals surface area contributed by atoms with Crippen molar-refractivity contribution in [3.05, 3.63) is 29.8 Å². The summed E-state index contributed by atoms with van der Waals surface area (Å²) >= 11 is 0. The lowest BCUT2D eigenvalue weighted by molar-refractivity contribution is -0.116. The summed E-state index contributed by atoms with van der Waals surface area (Å²) < 4.78 is 5.63. The quantitative estimate of drug-likeness (QED) is 0.753. The minimum absolute atomic E-state index is 0.230. The molecule has 2 nitrogen and oxygen atoms in total. The zero-order chi connectivity index (χ0) is 14.0. The van der Waals surface area contributed by atoms with Crippen molar-refractivity contribution in [1.82, 2.24) is 0 Å². The molecule has 0 atom stereocenters. The maximum atomic E-state index is 10.9. The molecule has 0 saturated heterocycles. The van der Waals surface area contributed by atoms with Crippen LogP contribution in [0.1, 0.15) is 46.6 Å². The predicted molar refractivity (Wildman–Crippen MR) is 77.1 cm³/mol. The van der Waals surface area contributed by atoms with Crippen molar-refractivity contribution < 1.29 is 9.53 Å². The van der Waals surface area contributed by atoms with Gasteiger partial charge in [0, 0.05) is 6.42 Å². The molecule has 0 amide bonds. The van der Waals surface area contributed by atoms with Gasteiger partial charge in [-0.2, -0.15) is 0 Å². The molecule has 0 aliphatic heterocycles. The molecule has 0 aliphatic rings. The summed E-state index contributed by atoms with van der Waals surface area (Å²) in [6.45, 7) is 10.6. The van der Waals surface area contributed by atoms with E-state index in [1.165, 1.54) is 0 Å². The van der Waals surface area contributed by atoms with E-state index >= 15 is 0 Å². The smallest absolute Gasteiger partial charge is 0.130 e. The fourth-order valence-corrected chi connectivity index (χ4v) is 1.37. The Labute approximate surface area is 111 Å². The van der Waals surface area contributed by atoms with E-state index in [0.29, 0.717) is 12.3 Å². The standard InChI is InChI=1S/C14H20O2.C2H6/c1-11(2)10-16-14-6-4-5-13(9-14)8-7-12(3)15;1-2/h4-6,9,11H,7-8,10H2,1-3H3;1-2H3. The van der Waals surface area contributed by atoms with Crippen molar-refractivity contribution >= 4 is 5.78 Å². The second kappa shape index (κ2) is 9.69. The van der Waals surface area contributed by atoms with Gasteiger partial charge in [0.05, 0.1) is 6.61 Å². The minimum Gasteiger partial charge on any atom is -0.493 e. The lowest BCUT2D eigenvalue weighted by Crippen LogP contribution is -2.04. The van der Waals surface area contributed by atoms with Crippen LogP contribution in [0.2, 0.25) is 0 Å². The molecule has 0 unspecified atom stereocenters. The second-order valence-corrected chi connectivity index (χ2v) is 4.55. The van der Waals surface area contributed by atoms with Crippen molar-refractivity contribution in [3.63, 3.8) is 0 Å². The first-order valence-corrected chi connectivity index (χ1v) is 6.79. The lowest BCUT2D eigenvalue weighted by atomic mass is 10.1. The van der Waals surface area contributed by atoms with Gasteiger partial charge in [0.2, 0.25) is 0 Å². The normalized spacial score (nSPS) is 9.67. The molecule has 0 bridgehead atoms. The van der Waals surface area contributed by atoms with Crippen molar-refractivity contribution in [2.75, 3.05) is 6.61 Å². The number of ether oxygens (including phenoxy) is 1. The Hall–Kier alpha value is -1.31. The summed E-state index contributed by atoms with van der Waals surface area (Å²) in [7, 11) is 0. The summed E-state index contributed by atoms with van der Waals surface area (Å²) in [6.07, 6.45) is 1.40. The highest BCUT2D eigenvalue weighted by atomic mass is 16.5. The first-order valence-electron chi connectivity index (χ1n) is 6.79. The third-order valence-electron chi connectivity index (χ3n) is 2.25. The van der Waals surface area contributed by atoms with Crippen molar-refractivity contribution in [2.45, 2.75) is 47.5 Å².